The average Bonchev–Trinajstić information content (AvgIpc) is 2.43. The fourth-order valence-electron chi connectivity index (χ4n) is 2.01. The SMILES string of the molecule is C=CCCCN(C)C(=NC)NCCCN(CC)CC. The minimum atomic E-state index is 0.981. The Kier molecular flexibility index (Phi) is 11.4. The Bertz CT molecular complexity index is 247. The van der Waals surface area contributed by atoms with E-state index in [-0.39, 0.29) is 0 Å². The predicted molar refractivity (Wildman–Crippen MR) is 85.8 cm³/mol. The van der Waals surface area contributed by atoms with Crippen molar-refractivity contribution in [3.05, 3.63) is 12.7 Å². The first-order chi connectivity index (χ1) is 9.19. The van der Waals surface area contributed by atoms with Crippen LogP contribution in [0.1, 0.15) is 33.1 Å². The molecule has 0 aliphatic carbocycles. The number of hydrogen-bond donors (Lipinski definition) is 1. The van der Waals surface area contributed by atoms with Crippen LogP contribution >= 0.6 is 0 Å². The van der Waals surface area contributed by atoms with Crippen molar-refractivity contribution < 1.29 is 0 Å². The standard InChI is InChI=1S/C15H32N4/c1-6-9-10-13-18(5)15(16-4)17-12-11-14-19(7-2)8-3/h6H,1,7-14H2,2-5H3,(H,16,17). The Labute approximate surface area is 119 Å². The molecule has 0 rings (SSSR count). The molecule has 0 aliphatic rings. The summed E-state index contributed by atoms with van der Waals surface area (Å²) in [4.78, 5) is 8.94. The first-order valence-corrected chi connectivity index (χ1v) is 7.44. The molecule has 0 aromatic heterocycles. The van der Waals surface area contributed by atoms with Gasteiger partial charge in [0.2, 0.25) is 0 Å². The van der Waals surface area contributed by atoms with Crippen molar-refractivity contribution in [1.82, 2.24) is 15.1 Å². The third-order valence-electron chi connectivity index (χ3n) is 3.30. The zero-order valence-corrected chi connectivity index (χ0v) is 13.3. The molecule has 0 aromatic rings. The molecule has 0 atom stereocenters. The second-order valence-electron chi connectivity index (χ2n) is 4.71. The van der Waals surface area contributed by atoms with Crippen molar-refractivity contribution in [3.63, 3.8) is 0 Å². The van der Waals surface area contributed by atoms with Crippen LogP contribution in [0.2, 0.25) is 0 Å². The summed E-state index contributed by atoms with van der Waals surface area (Å²) >= 11 is 0. The van der Waals surface area contributed by atoms with Gasteiger partial charge in [-0.25, -0.2) is 0 Å². The normalized spacial score (nSPS) is 11.7. The fourth-order valence-corrected chi connectivity index (χ4v) is 2.01. The molecule has 0 fully saturated rings. The van der Waals surface area contributed by atoms with Crippen LogP contribution in [0.4, 0.5) is 0 Å². The maximum atomic E-state index is 4.32. The van der Waals surface area contributed by atoms with Gasteiger partial charge >= 0.3 is 0 Å². The maximum Gasteiger partial charge on any atom is 0.193 e. The van der Waals surface area contributed by atoms with Crippen LogP contribution in [0.15, 0.2) is 17.6 Å². The molecule has 112 valence electrons. The van der Waals surface area contributed by atoms with Crippen LogP contribution in [-0.4, -0.2) is 62.6 Å². The number of nitrogens with one attached hydrogen (secondary N) is 1. The lowest BCUT2D eigenvalue weighted by Crippen LogP contribution is -2.40. The molecule has 0 unspecified atom stereocenters. The second-order valence-corrected chi connectivity index (χ2v) is 4.71. The van der Waals surface area contributed by atoms with Crippen LogP contribution in [0.25, 0.3) is 0 Å². The van der Waals surface area contributed by atoms with Crippen LogP contribution < -0.4 is 5.32 Å². The summed E-state index contributed by atoms with van der Waals surface area (Å²) in [6.45, 7) is 13.6. The molecule has 1 N–H and O–H groups in total. The highest BCUT2D eigenvalue weighted by Crippen LogP contribution is 1.95. The largest absolute Gasteiger partial charge is 0.356 e. The molecule has 0 radical (unpaired) electrons. The van der Waals surface area contributed by atoms with E-state index in [1.54, 1.807) is 0 Å². The van der Waals surface area contributed by atoms with E-state index in [9.17, 15) is 0 Å². The van der Waals surface area contributed by atoms with Crippen molar-refractivity contribution >= 4 is 5.96 Å². The van der Waals surface area contributed by atoms with Gasteiger partial charge in [-0.15, -0.1) is 6.58 Å². The molecule has 0 bridgehead atoms. The average molecular weight is 268 g/mol. The molecule has 0 amide bonds. The third kappa shape index (κ3) is 8.65. The maximum absolute atomic E-state index is 4.32. The van der Waals surface area contributed by atoms with E-state index in [1.165, 1.54) is 0 Å². The molecule has 0 saturated carbocycles. The number of aliphatic imine (C=N–C) groups is 1. The Balaban J connectivity index is 3.84. The van der Waals surface area contributed by atoms with Gasteiger partial charge in [0.1, 0.15) is 0 Å². The monoisotopic (exact) mass is 268 g/mol. The Morgan fingerprint density at radius 3 is 2.42 bits per heavy atom. The topological polar surface area (TPSA) is 30.9 Å². The van der Waals surface area contributed by atoms with Crippen molar-refractivity contribution in [1.29, 1.82) is 0 Å². The highest BCUT2D eigenvalue weighted by molar-refractivity contribution is 5.79. The van der Waals surface area contributed by atoms with E-state index in [2.05, 4.69) is 47.6 Å². The lowest BCUT2D eigenvalue weighted by Gasteiger charge is -2.23. The number of guanidine groups is 1. The van der Waals surface area contributed by atoms with Crippen molar-refractivity contribution in [2.45, 2.75) is 33.1 Å². The minimum absolute atomic E-state index is 0.981. The molecule has 0 spiro atoms. The second kappa shape index (κ2) is 12.0. The summed E-state index contributed by atoms with van der Waals surface area (Å²) in [5.74, 6) is 0.989. The van der Waals surface area contributed by atoms with Gasteiger partial charge in [-0.3, -0.25) is 4.99 Å². The summed E-state index contributed by atoms with van der Waals surface area (Å²) in [5.41, 5.74) is 0. The van der Waals surface area contributed by atoms with Gasteiger partial charge in [-0.2, -0.15) is 0 Å². The Hall–Kier alpha value is -1.03. The number of hydrogen-bond acceptors (Lipinski definition) is 2. The van der Waals surface area contributed by atoms with Crippen molar-refractivity contribution in [3.8, 4) is 0 Å². The Morgan fingerprint density at radius 2 is 1.89 bits per heavy atom. The molecule has 19 heavy (non-hydrogen) atoms. The molecule has 0 aromatic carbocycles. The van der Waals surface area contributed by atoms with Gasteiger partial charge in [-0.05, 0) is 38.9 Å². The summed E-state index contributed by atoms with van der Waals surface area (Å²) in [6.07, 6.45) is 5.30. The van der Waals surface area contributed by atoms with Gasteiger partial charge in [0.25, 0.3) is 0 Å². The quantitative estimate of drug-likeness (QED) is 0.285. The summed E-state index contributed by atoms with van der Waals surface area (Å²) in [5, 5.41) is 3.42. The zero-order valence-electron chi connectivity index (χ0n) is 13.3. The van der Waals surface area contributed by atoms with Crippen LogP contribution in [0, 0.1) is 0 Å². The zero-order chi connectivity index (χ0) is 14.5. The summed E-state index contributed by atoms with van der Waals surface area (Å²) in [6, 6.07) is 0. The van der Waals surface area contributed by atoms with Crippen molar-refractivity contribution in [2.24, 2.45) is 4.99 Å². The van der Waals surface area contributed by atoms with E-state index in [4.69, 9.17) is 0 Å². The fraction of sp³-hybridized carbons (Fsp3) is 0.800. The first-order valence-electron chi connectivity index (χ1n) is 7.44. The predicted octanol–water partition coefficient (Wildman–Crippen LogP) is 2.19. The van der Waals surface area contributed by atoms with Crippen molar-refractivity contribution in [2.75, 3.05) is 46.8 Å². The molecule has 0 saturated heterocycles. The van der Waals surface area contributed by atoms with E-state index in [0.29, 0.717) is 0 Å². The minimum Gasteiger partial charge on any atom is -0.356 e. The van der Waals surface area contributed by atoms with E-state index in [0.717, 1.165) is 57.9 Å². The van der Waals surface area contributed by atoms with Gasteiger partial charge in [0.05, 0.1) is 0 Å². The summed E-state index contributed by atoms with van der Waals surface area (Å²) < 4.78 is 0. The van der Waals surface area contributed by atoms with Gasteiger partial charge in [0, 0.05) is 27.2 Å². The highest BCUT2D eigenvalue weighted by Gasteiger charge is 2.04. The number of rotatable bonds is 10. The molecule has 4 nitrogen and oxygen atoms in total. The van der Waals surface area contributed by atoms with Crippen LogP contribution in [-0.2, 0) is 0 Å². The van der Waals surface area contributed by atoms with Gasteiger partial charge in [0.15, 0.2) is 5.96 Å². The van der Waals surface area contributed by atoms with Gasteiger partial charge in [-0.1, -0.05) is 19.9 Å². The lowest BCUT2D eigenvalue weighted by atomic mass is 10.3. The van der Waals surface area contributed by atoms with E-state index >= 15 is 0 Å². The van der Waals surface area contributed by atoms with E-state index in [1.807, 2.05) is 13.1 Å². The smallest absolute Gasteiger partial charge is 0.193 e. The third-order valence-corrected chi connectivity index (χ3v) is 3.30. The summed E-state index contributed by atoms with van der Waals surface area (Å²) in [7, 11) is 3.93. The molecule has 0 heterocycles. The number of nitrogens with zero attached hydrogens (tertiary/aromatic N) is 3. The number of allylic oxidation sites excluding steroid dienone is 1. The first kappa shape index (κ1) is 18.0. The lowest BCUT2D eigenvalue weighted by molar-refractivity contribution is 0.299. The van der Waals surface area contributed by atoms with Crippen LogP contribution in [0.3, 0.4) is 0 Å². The molecular formula is C15H32N4. The molecular weight excluding hydrogens is 236 g/mol. The van der Waals surface area contributed by atoms with Crippen LogP contribution in [0.5, 0.6) is 0 Å². The highest BCUT2D eigenvalue weighted by atomic mass is 15.3. The number of unbranched alkanes of at least 4 members (excludes halogenated alkanes) is 1. The van der Waals surface area contributed by atoms with Gasteiger partial charge < -0.3 is 15.1 Å². The molecule has 4 heteroatoms. The Morgan fingerprint density at radius 1 is 1.21 bits per heavy atom. The van der Waals surface area contributed by atoms with E-state index < -0.39 is 0 Å². The molecule has 0 aliphatic heterocycles.